The highest BCUT2D eigenvalue weighted by Gasteiger charge is 2.17. The van der Waals surface area contributed by atoms with E-state index in [1.54, 1.807) is 0 Å². The van der Waals surface area contributed by atoms with E-state index in [4.69, 9.17) is 11.6 Å². The second-order valence-electron chi connectivity index (χ2n) is 5.69. The van der Waals surface area contributed by atoms with Crippen molar-refractivity contribution in [3.8, 4) is 6.07 Å². The number of nitrogens with zero attached hydrogens (tertiary/aromatic N) is 2. The largest absolute Gasteiger partial charge is 0.326 e. The zero-order valence-electron chi connectivity index (χ0n) is 13.3. The van der Waals surface area contributed by atoms with Gasteiger partial charge >= 0.3 is 0 Å². The van der Waals surface area contributed by atoms with E-state index in [1.807, 2.05) is 6.07 Å². The van der Waals surface area contributed by atoms with Crippen LogP contribution in [0.2, 0.25) is 5.02 Å². The molecule has 4 nitrogen and oxygen atoms in total. The lowest BCUT2D eigenvalue weighted by Crippen LogP contribution is -2.12. The standard InChI is InChI=1S/C18H15ClFN3OS/c19-14-9-13(4-5-15(14)20)22-17(24)6-7-25-18-12(10-21)8-11-2-1-3-16(11)23-18/h4-5,8-9H,1-3,6-7H2,(H,22,24). The molecule has 128 valence electrons. The molecular weight excluding hydrogens is 361 g/mol. The summed E-state index contributed by atoms with van der Waals surface area (Å²) in [5, 5.41) is 12.6. The first-order valence-electron chi connectivity index (χ1n) is 7.87. The molecular formula is C18H15ClFN3OS. The van der Waals surface area contributed by atoms with E-state index in [0.717, 1.165) is 30.5 Å². The fourth-order valence-electron chi connectivity index (χ4n) is 2.68. The summed E-state index contributed by atoms with van der Waals surface area (Å²) in [5.74, 6) is -0.224. The average molecular weight is 376 g/mol. The Hall–Kier alpha value is -2.10. The Balaban J connectivity index is 1.57. The molecule has 0 saturated heterocycles. The molecule has 2 aromatic rings. The van der Waals surface area contributed by atoms with Gasteiger partial charge in [-0.2, -0.15) is 5.26 Å². The van der Waals surface area contributed by atoms with Gasteiger partial charge in [0.05, 0.1) is 10.6 Å². The van der Waals surface area contributed by atoms with E-state index in [-0.39, 0.29) is 17.4 Å². The molecule has 1 heterocycles. The minimum atomic E-state index is -0.526. The Bertz CT molecular complexity index is 866. The summed E-state index contributed by atoms with van der Waals surface area (Å²) < 4.78 is 13.1. The minimum Gasteiger partial charge on any atom is -0.326 e. The van der Waals surface area contributed by atoms with E-state index in [9.17, 15) is 14.4 Å². The fourth-order valence-corrected chi connectivity index (χ4v) is 3.78. The van der Waals surface area contributed by atoms with Gasteiger partial charge in [-0.25, -0.2) is 9.37 Å². The lowest BCUT2D eigenvalue weighted by Gasteiger charge is -2.08. The summed E-state index contributed by atoms with van der Waals surface area (Å²) in [6.07, 6.45) is 3.25. The smallest absolute Gasteiger partial charge is 0.225 e. The summed E-state index contributed by atoms with van der Waals surface area (Å²) in [6, 6.07) is 8.14. The van der Waals surface area contributed by atoms with E-state index >= 15 is 0 Å². The topological polar surface area (TPSA) is 65.8 Å². The second kappa shape index (κ2) is 7.85. The number of halogens is 2. The lowest BCUT2D eigenvalue weighted by molar-refractivity contribution is -0.115. The number of amides is 1. The monoisotopic (exact) mass is 375 g/mol. The third-order valence-corrected chi connectivity index (χ3v) is 5.19. The number of fused-ring (bicyclic) bond motifs is 1. The Labute approximate surface area is 154 Å². The van der Waals surface area contributed by atoms with Crippen molar-refractivity contribution in [1.82, 2.24) is 4.98 Å². The predicted molar refractivity (Wildman–Crippen MR) is 96.4 cm³/mol. The highest BCUT2D eigenvalue weighted by atomic mass is 35.5. The van der Waals surface area contributed by atoms with Crippen molar-refractivity contribution in [3.63, 3.8) is 0 Å². The summed E-state index contributed by atoms with van der Waals surface area (Å²) >= 11 is 7.09. The average Bonchev–Trinajstić information content (AvgIpc) is 3.04. The van der Waals surface area contributed by atoms with Gasteiger partial charge in [0.25, 0.3) is 0 Å². The summed E-state index contributed by atoms with van der Waals surface area (Å²) in [7, 11) is 0. The van der Waals surface area contributed by atoms with E-state index in [1.165, 1.54) is 30.0 Å². The van der Waals surface area contributed by atoms with Crippen LogP contribution in [0, 0.1) is 17.1 Å². The molecule has 0 aliphatic heterocycles. The van der Waals surface area contributed by atoms with Crippen molar-refractivity contribution in [2.45, 2.75) is 30.7 Å². The van der Waals surface area contributed by atoms with Crippen LogP contribution < -0.4 is 5.32 Å². The maximum Gasteiger partial charge on any atom is 0.225 e. The van der Waals surface area contributed by atoms with Crippen LogP contribution in [-0.4, -0.2) is 16.6 Å². The first-order chi connectivity index (χ1) is 12.1. The number of rotatable bonds is 5. The molecule has 1 N–H and O–H groups in total. The highest BCUT2D eigenvalue weighted by Crippen LogP contribution is 2.28. The lowest BCUT2D eigenvalue weighted by atomic mass is 10.2. The van der Waals surface area contributed by atoms with Gasteiger partial charge in [-0.05, 0) is 49.1 Å². The Morgan fingerprint density at radius 1 is 1.40 bits per heavy atom. The van der Waals surface area contributed by atoms with Crippen LogP contribution in [-0.2, 0) is 17.6 Å². The maximum atomic E-state index is 13.1. The molecule has 0 bridgehead atoms. The van der Waals surface area contributed by atoms with Crippen LogP contribution >= 0.6 is 23.4 Å². The predicted octanol–water partition coefficient (Wildman–Crippen LogP) is 4.36. The second-order valence-corrected chi connectivity index (χ2v) is 7.18. The number of carbonyl (C=O) groups excluding carboxylic acids is 1. The van der Waals surface area contributed by atoms with Crippen molar-refractivity contribution in [2.75, 3.05) is 11.1 Å². The van der Waals surface area contributed by atoms with Gasteiger partial charge in [0.15, 0.2) is 0 Å². The van der Waals surface area contributed by atoms with Crippen LogP contribution in [0.1, 0.15) is 29.7 Å². The molecule has 0 radical (unpaired) electrons. The number of nitrogens with one attached hydrogen (secondary N) is 1. The fraction of sp³-hybridized carbons (Fsp3) is 0.278. The Kier molecular flexibility index (Phi) is 5.57. The molecule has 25 heavy (non-hydrogen) atoms. The summed E-state index contributed by atoms with van der Waals surface area (Å²) in [4.78, 5) is 16.6. The van der Waals surface area contributed by atoms with E-state index < -0.39 is 5.82 Å². The van der Waals surface area contributed by atoms with Gasteiger partial charge in [0.2, 0.25) is 5.91 Å². The van der Waals surface area contributed by atoms with Gasteiger partial charge in [0, 0.05) is 23.6 Å². The molecule has 7 heteroatoms. The number of thioether (sulfide) groups is 1. The van der Waals surface area contributed by atoms with Gasteiger partial charge in [-0.1, -0.05) is 11.6 Å². The number of hydrogen-bond acceptors (Lipinski definition) is 4. The Morgan fingerprint density at radius 2 is 2.24 bits per heavy atom. The third kappa shape index (κ3) is 4.30. The van der Waals surface area contributed by atoms with Gasteiger partial charge < -0.3 is 5.32 Å². The molecule has 0 spiro atoms. The number of nitriles is 1. The first-order valence-corrected chi connectivity index (χ1v) is 9.24. The normalized spacial score (nSPS) is 12.5. The van der Waals surface area contributed by atoms with Crippen LogP contribution in [0.5, 0.6) is 0 Å². The molecule has 0 unspecified atom stereocenters. The van der Waals surface area contributed by atoms with Crippen LogP contribution in [0.4, 0.5) is 10.1 Å². The molecule has 1 amide bonds. The minimum absolute atomic E-state index is 0.0341. The van der Waals surface area contributed by atoms with Crippen molar-refractivity contribution >= 4 is 35.0 Å². The molecule has 1 aliphatic rings. The maximum absolute atomic E-state index is 13.1. The molecule has 1 aromatic heterocycles. The number of benzene rings is 1. The summed E-state index contributed by atoms with van der Waals surface area (Å²) in [5.41, 5.74) is 3.24. The summed E-state index contributed by atoms with van der Waals surface area (Å²) in [6.45, 7) is 0. The zero-order valence-corrected chi connectivity index (χ0v) is 14.9. The third-order valence-electron chi connectivity index (χ3n) is 3.91. The molecule has 1 aromatic carbocycles. The zero-order chi connectivity index (χ0) is 17.8. The quantitative estimate of drug-likeness (QED) is 0.789. The number of hydrogen-bond donors (Lipinski definition) is 1. The number of carbonyl (C=O) groups is 1. The van der Waals surface area contributed by atoms with Crippen LogP contribution in [0.3, 0.4) is 0 Å². The van der Waals surface area contributed by atoms with Gasteiger partial charge in [0.1, 0.15) is 16.9 Å². The number of aromatic nitrogens is 1. The molecule has 3 rings (SSSR count). The molecule has 0 atom stereocenters. The van der Waals surface area contributed by atoms with Crippen LogP contribution in [0.15, 0.2) is 29.3 Å². The van der Waals surface area contributed by atoms with Gasteiger partial charge in [-0.15, -0.1) is 11.8 Å². The SMILES string of the molecule is N#Cc1cc2c(nc1SCCC(=O)Nc1ccc(F)c(Cl)c1)CCC2. The van der Waals surface area contributed by atoms with Crippen molar-refractivity contribution in [2.24, 2.45) is 0 Å². The van der Waals surface area contributed by atoms with E-state index in [2.05, 4.69) is 16.4 Å². The molecule has 0 fully saturated rings. The molecule has 1 aliphatic carbocycles. The van der Waals surface area contributed by atoms with E-state index in [0.29, 0.717) is 22.0 Å². The van der Waals surface area contributed by atoms with Crippen molar-refractivity contribution < 1.29 is 9.18 Å². The Morgan fingerprint density at radius 3 is 3.00 bits per heavy atom. The molecule has 0 saturated carbocycles. The van der Waals surface area contributed by atoms with Crippen molar-refractivity contribution in [3.05, 3.63) is 51.9 Å². The number of anilines is 1. The van der Waals surface area contributed by atoms with Gasteiger partial charge in [-0.3, -0.25) is 4.79 Å². The number of pyridine rings is 1. The first kappa shape index (κ1) is 17.7. The van der Waals surface area contributed by atoms with Crippen LogP contribution in [0.25, 0.3) is 0 Å². The highest BCUT2D eigenvalue weighted by molar-refractivity contribution is 7.99. The number of aryl methyl sites for hydroxylation is 2. The van der Waals surface area contributed by atoms with Crippen molar-refractivity contribution in [1.29, 1.82) is 5.26 Å².